The predicted molar refractivity (Wildman–Crippen MR) is 71.8 cm³/mol. The van der Waals surface area contributed by atoms with E-state index < -0.39 is 11.7 Å². The number of nitrogens with one attached hydrogen (secondary N) is 2. The standard InChI is InChI=1S/C14H19F3N2O/c15-14(16,17)11-1-3-12(4-2-11)19-9-10-20-13-5-7-18-8-6-13/h1-4,13,18-19H,5-10H2. The van der Waals surface area contributed by atoms with E-state index in [1.165, 1.54) is 12.1 Å². The molecule has 1 fully saturated rings. The number of piperidine rings is 1. The second kappa shape index (κ2) is 6.95. The fraction of sp³-hybridized carbons (Fsp3) is 0.571. The summed E-state index contributed by atoms with van der Waals surface area (Å²) < 4.78 is 42.9. The summed E-state index contributed by atoms with van der Waals surface area (Å²) in [7, 11) is 0. The van der Waals surface area contributed by atoms with Crippen molar-refractivity contribution < 1.29 is 17.9 Å². The first-order valence-corrected chi connectivity index (χ1v) is 6.79. The highest BCUT2D eigenvalue weighted by Gasteiger charge is 2.29. The number of hydrogen-bond donors (Lipinski definition) is 2. The van der Waals surface area contributed by atoms with Crippen molar-refractivity contribution in [2.45, 2.75) is 25.1 Å². The molecular formula is C14H19F3N2O. The Morgan fingerprint density at radius 2 is 1.80 bits per heavy atom. The third-order valence-corrected chi connectivity index (χ3v) is 3.28. The van der Waals surface area contributed by atoms with Crippen molar-refractivity contribution in [3.63, 3.8) is 0 Å². The molecule has 2 rings (SSSR count). The molecule has 1 heterocycles. The van der Waals surface area contributed by atoms with Crippen molar-refractivity contribution >= 4 is 5.69 Å². The minimum atomic E-state index is -4.28. The number of rotatable bonds is 5. The number of ether oxygens (including phenoxy) is 1. The highest BCUT2D eigenvalue weighted by molar-refractivity contribution is 5.45. The fourth-order valence-corrected chi connectivity index (χ4v) is 2.16. The molecular weight excluding hydrogens is 269 g/mol. The fourth-order valence-electron chi connectivity index (χ4n) is 2.16. The van der Waals surface area contributed by atoms with Crippen LogP contribution in [0.5, 0.6) is 0 Å². The van der Waals surface area contributed by atoms with Gasteiger partial charge < -0.3 is 15.4 Å². The summed E-state index contributed by atoms with van der Waals surface area (Å²) >= 11 is 0. The summed E-state index contributed by atoms with van der Waals surface area (Å²) in [6.07, 6.45) is -1.96. The second-order valence-electron chi connectivity index (χ2n) is 4.82. The van der Waals surface area contributed by atoms with Crippen molar-refractivity contribution in [2.24, 2.45) is 0 Å². The van der Waals surface area contributed by atoms with Gasteiger partial charge in [-0.1, -0.05) is 0 Å². The largest absolute Gasteiger partial charge is 0.416 e. The smallest absolute Gasteiger partial charge is 0.383 e. The maximum Gasteiger partial charge on any atom is 0.416 e. The molecule has 2 N–H and O–H groups in total. The summed E-state index contributed by atoms with van der Waals surface area (Å²) in [4.78, 5) is 0. The lowest BCUT2D eigenvalue weighted by molar-refractivity contribution is -0.137. The van der Waals surface area contributed by atoms with Gasteiger partial charge in [-0.15, -0.1) is 0 Å². The van der Waals surface area contributed by atoms with E-state index in [0.717, 1.165) is 38.1 Å². The second-order valence-corrected chi connectivity index (χ2v) is 4.82. The molecule has 1 aliphatic heterocycles. The van der Waals surface area contributed by atoms with Gasteiger partial charge in [0.2, 0.25) is 0 Å². The number of anilines is 1. The minimum Gasteiger partial charge on any atom is -0.383 e. The normalized spacial score (nSPS) is 17.1. The van der Waals surface area contributed by atoms with Crippen LogP contribution in [0.2, 0.25) is 0 Å². The molecule has 6 heteroatoms. The van der Waals surface area contributed by atoms with E-state index in [-0.39, 0.29) is 0 Å². The third-order valence-electron chi connectivity index (χ3n) is 3.28. The lowest BCUT2D eigenvalue weighted by atomic mass is 10.1. The van der Waals surface area contributed by atoms with E-state index in [0.29, 0.717) is 24.9 Å². The quantitative estimate of drug-likeness (QED) is 0.817. The molecule has 0 amide bonds. The number of alkyl halides is 3. The van der Waals surface area contributed by atoms with Gasteiger partial charge in [0.1, 0.15) is 0 Å². The van der Waals surface area contributed by atoms with Gasteiger partial charge in [0.15, 0.2) is 0 Å². The zero-order chi connectivity index (χ0) is 14.4. The molecule has 0 spiro atoms. The molecule has 1 aliphatic rings. The van der Waals surface area contributed by atoms with E-state index in [4.69, 9.17) is 4.74 Å². The number of hydrogen-bond acceptors (Lipinski definition) is 3. The molecule has 0 radical (unpaired) electrons. The Balaban J connectivity index is 1.68. The monoisotopic (exact) mass is 288 g/mol. The summed E-state index contributed by atoms with van der Waals surface area (Å²) in [6, 6.07) is 5.03. The third kappa shape index (κ3) is 4.68. The molecule has 0 bridgehead atoms. The van der Waals surface area contributed by atoms with Crippen LogP contribution in [0.15, 0.2) is 24.3 Å². The zero-order valence-corrected chi connectivity index (χ0v) is 11.2. The Morgan fingerprint density at radius 1 is 1.15 bits per heavy atom. The maximum absolute atomic E-state index is 12.4. The molecule has 0 saturated carbocycles. The van der Waals surface area contributed by atoms with Gasteiger partial charge in [-0.05, 0) is 50.2 Å². The van der Waals surface area contributed by atoms with Crippen LogP contribution in [-0.2, 0) is 10.9 Å². The minimum absolute atomic E-state index is 0.297. The van der Waals surface area contributed by atoms with Crippen molar-refractivity contribution in [2.75, 3.05) is 31.6 Å². The maximum atomic E-state index is 12.4. The van der Waals surface area contributed by atoms with Gasteiger partial charge in [-0.25, -0.2) is 0 Å². The van der Waals surface area contributed by atoms with E-state index in [1.807, 2.05) is 0 Å². The van der Waals surface area contributed by atoms with Gasteiger partial charge >= 0.3 is 6.18 Å². The first-order valence-electron chi connectivity index (χ1n) is 6.79. The lowest BCUT2D eigenvalue weighted by Gasteiger charge is -2.23. The molecule has 1 saturated heterocycles. The Morgan fingerprint density at radius 3 is 2.40 bits per heavy atom. The molecule has 0 aromatic heterocycles. The molecule has 20 heavy (non-hydrogen) atoms. The SMILES string of the molecule is FC(F)(F)c1ccc(NCCOC2CCNCC2)cc1. The van der Waals surface area contributed by atoms with Crippen LogP contribution >= 0.6 is 0 Å². The Bertz CT molecular complexity index is 400. The van der Waals surface area contributed by atoms with Crippen LogP contribution in [0.25, 0.3) is 0 Å². The van der Waals surface area contributed by atoms with Crippen LogP contribution in [-0.4, -0.2) is 32.3 Å². The Kier molecular flexibility index (Phi) is 5.25. The predicted octanol–water partition coefficient (Wildman–Crippen LogP) is 2.89. The van der Waals surface area contributed by atoms with Crippen LogP contribution in [0, 0.1) is 0 Å². The summed E-state index contributed by atoms with van der Waals surface area (Å²) in [5.41, 5.74) is 0.0425. The molecule has 3 nitrogen and oxygen atoms in total. The van der Waals surface area contributed by atoms with Crippen molar-refractivity contribution in [3.05, 3.63) is 29.8 Å². The highest BCUT2D eigenvalue weighted by Crippen LogP contribution is 2.29. The average molecular weight is 288 g/mol. The first-order chi connectivity index (χ1) is 9.55. The van der Waals surface area contributed by atoms with Crippen molar-refractivity contribution in [3.8, 4) is 0 Å². The van der Waals surface area contributed by atoms with E-state index >= 15 is 0 Å². The van der Waals surface area contributed by atoms with Gasteiger partial charge in [0, 0.05) is 12.2 Å². The molecule has 112 valence electrons. The lowest BCUT2D eigenvalue weighted by Crippen LogP contribution is -2.33. The van der Waals surface area contributed by atoms with E-state index in [9.17, 15) is 13.2 Å². The number of halogens is 3. The Labute approximate surface area is 116 Å². The average Bonchev–Trinajstić information content (AvgIpc) is 2.44. The van der Waals surface area contributed by atoms with Gasteiger partial charge in [0.05, 0.1) is 18.3 Å². The van der Waals surface area contributed by atoms with E-state index in [2.05, 4.69) is 10.6 Å². The Hall–Kier alpha value is -1.27. The molecule has 0 atom stereocenters. The van der Waals surface area contributed by atoms with Crippen molar-refractivity contribution in [1.29, 1.82) is 0 Å². The topological polar surface area (TPSA) is 33.3 Å². The van der Waals surface area contributed by atoms with Crippen LogP contribution < -0.4 is 10.6 Å². The van der Waals surface area contributed by atoms with E-state index in [1.54, 1.807) is 0 Å². The first kappa shape index (κ1) is 15.1. The summed E-state index contributed by atoms with van der Waals surface area (Å²) in [6.45, 7) is 3.12. The van der Waals surface area contributed by atoms with Gasteiger partial charge in [-0.2, -0.15) is 13.2 Å². The molecule has 0 unspecified atom stereocenters. The van der Waals surface area contributed by atoms with Crippen LogP contribution in [0.1, 0.15) is 18.4 Å². The molecule has 1 aromatic carbocycles. The highest BCUT2D eigenvalue weighted by atomic mass is 19.4. The zero-order valence-electron chi connectivity index (χ0n) is 11.2. The van der Waals surface area contributed by atoms with Gasteiger partial charge in [0.25, 0.3) is 0 Å². The molecule has 1 aromatic rings. The number of benzene rings is 1. The summed E-state index contributed by atoms with van der Waals surface area (Å²) in [5.74, 6) is 0. The molecule has 0 aliphatic carbocycles. The van der Waals surface area contributed by atoms with Crippen LogP contribution in [0.4, 0.5) is 18.9 Å². The van der Waals surface area contributed by atoms with Gasteiger partial charge in [-0.3, -0.25) is 0 Å². The summed E-state index contributed by atoms with van der Waals surface area (Å²) in [5, 5.41) is 6.32. The van der Waals surface area contributed by atoms with Crippen LogP contribution in [0.3, 0.4) is 0 Å². The van der Waals surface area contributed by atoms with Crippen molar-refractivity contribution in [1.82, 2.24) is 5.32 Å².